The maximum atomic E-state index is 13.0. The quantitative estimate of drug-likeness (QED) is 0.443. The molecular formula is C25H34N4O4S. The van der Waals surface area contributed by atoms with Gasteiger partial charge in [-0.2, -0.15) is 4.31 Å². The minimum Gasteiger partial charge on any atom is -0.469 e. The van der Waals surface area contributed by atoms with E-state index in [0.717, 1.165) is 55.8 Å². The predicted molar refractivity (Wildman–Crippen MR) is 131 cm³/mol. The normalized spacial score (nSPS) is 15.7. The Labute approximate surface area is 201 Å². The van der Waals surface area contributed by atoms with Crippen molar-refractivity contribution < 1.29 is 17.6 Å². The number of furan rings is 1. The average Bonchev–Trinajstić information content (AvgIpc) is 3.58. The summed E-state index contributed by atoms with van der Waals surface area (Å²) in [4.78, 5) is 17.6. The fraction of sp³-hybridized carbons (Fsp3) is 0.520. The highest BCUT2D eigenvalue weighted by molar-refractivity contribution is 7.89. The number of sulfonamides is 1. The Morgan fingerprint density at radius 2 is 2.00 bits per heavy atom. The van der Waals surface area contributed by atoms with Crippen molar-refractivity contribution in [2.45, 2.75) is 76.3 Å². The molecule has 0 saturated carbocycles. The van der Waals surface area contributed by atoms with Gasteiger partial charge in [0, 0.05) is 44.9 Å². The van der Waals surface area contributed by atoms with Crippen molar-refractivity contribution in [3.8, 4) is 0 Å². The number of rotatable bonds is 11. The molecule has 3 aromatic rings. The zero-order valence-corrected chi connectivity index (χ0v) is 20.8. The first-order chi connectivity index (χ1) is 16.4. The summed E-state index contributed by atoms with van der Waals surface area (Å²) >= 11 is 0. The van der Waals surface area contributed by atoms with Crippen molar-refractivity contribution in [3.05, 3.63) is 48.2 Å². The molecule has 1 N–H and O–H groups in total. The third-order valence-electron chi connectivity index (χ3n) is 6.34. The van der Waals surface area contributed by atoms with Gasteiger partial charge in [0.1, 0.15) is 11.6 Å². The Balaban J connectivity index is 1.43. The van der Waals surface area contributed by atoms with E-state index in [1.807, 2.05) is 25.1 Å². The predicted octanol–water partition coefficient (Wildman–Crippen LogP) is 3.89. The molecular weight excluding hydrogens is 452 g/mol. The Bertz CT molecular complexity index is 1210. The Morgan fingerprint density at radius 3 is 2.71 bits per heavy atom. The fourth-order valence-corrected chi connectivity index (χ4v) is 6.06. The van der Waals surface area contributed by atoms with Crippen LogP contribution < -0.4 is 5.32 Å². The van der Waals surface area contributed by atoms with Crippen LogP contribution in [0.4, 0.5) is 0 Å². The lowest BCUT2D eigenvalue weighted by atomic mass is 10.1. The number of carbonyl (C=O) groups excluding carboxylic acids is 1. The van der Waals surface area contributed by atoms with Gasteiger partial charge in [-0.15, -0.1) is 0 Å². The van der Waals surface area contributed by atoms with Gasteiger partial charge in [-0.05, 0) is 62.9 Å². The lowest BCUT2D eigenvalue weighted by Gasteiger charge is -2.15. The zero-order chi connectivity index (χ0) is 24.1. The molecule has 0 spiro atoms. The zero-order valence-electron chi connectivity index (χ0n) is 20.0. The van der Waals surface area contributed by atoms with Gasteiger partial charge in [-0.1, -0.05) is 6.92 Å². The third kappa shape index (κ3) is 5.52. The molecule has 184 valence electrons. The number of carbonyl (C=O) groups is 1. The molecule has 4 rings (SSSR count). The molecule has 1 saturated heterocycles. The van der Waals surface area contributed by atoms with E-state index in [0.29, 0.717) is 31.4 Å². The number of nitrogens with zero attached hydrogens (tertiary/aromatic N) is 3. The van der Waals surface area contributed by atoms with Crippen molar-refractivity contribution in [1.82, 2.24) is 19.2 Å². The molecule has 1 fully saturated rings. The number of nitrogens with one attached hydrogen (secondary N) is 1. The summed E-state index contributed by atoms with van der Waals surface area (Å²) in [7, 11) is -3.49. The second kappa shape index (κ2) is 10.7. The highest BCUT2D eigenvalue weighted by atomic mass is 32.2. The van der Waals surface area contributed by atoms with Gasteiger partial charge >= 0.3 is 0 Å². The van der Waals surface area contributed by atoms with Crippen molar-refractivity contribution in [2.75, 3.05) is 13.1 Å². The van der Waals surface area contributed by atoms with E-state index in [9.17, 15) is 13.2 Å². The van der Waals surface area contributed by atoms with E-state index < -0.39 is 10.0 Å². The van der Waals surface area contributed by atoms with E-state index in [4.69, 9.17) is 9.40 Å². The van der Waals surface area contributed by atoms with Gasteiger partial charge in [-0.25, -0.2) is 13.4 Å². The highest BCUT2D eigenvalue weighted by Crippen LogP contribution is 2.26. The second-order valence-corrected chi connectivity index (χ2v) is 11.0. The number of hydrogen-bond acceptors (Lipinski definition) is 5. The number of aromatic nitrogens is 2. The highest BCUT2D eigenvalue weighted by Gasteiger charge is 2.28. The van der Waals surface area contributed by atoms with Crippen LogP contribution in [0.25, 0.3) is 11.0 Å². The van der Waals surface area contributed by atoms with Crippen molar-refractivity contribution >= 4 is 27.0 Å². The SMILES string of the molecule is CCCn1c(CCC(=O)NC(C)CCc2ccco2)nc2cc(S(=O)(=O)N3CCCC3)ccc21. The molecule has 9 heteroatoms. The fourth-order valence-electron chi connectivity index (χ4n) is 4.52. The van der Waals surface area contributed by atoms with Crippen molar-refractivity contribution in [1.29, 1.82) is 0 Å². The molecule has 1 aliphatic heterocycles. The molecule has 1 atom stereocenters. The molecule has 1 aliphatic rings. The van der Waals surface area contributed by atoms with Crippen LogP contribution in [-0.4, -0.2) is 47.3 Å². The van der Waals surface area contributed by atoms with E-state index >= 15 is 0 Å². The topological polar surface area (TPSA) is 97.4 Å². The monoisotopic (exact) mass is 486 g/mol. The lowest BCUT2D eigenvalue weighted by molar-refractivity contribution is -0.121. The third-order valence-corrected chi connectivity index (χ3v) is 8.23. The molecule has 34 heavy (non-hydrogen) atoms. The molecule has 1 aromatic carbocycles. The summed E-state index contributed by atoms with van der Waals surface area (Å²) in [6.07, 6.45) is 6.80. The van der Waals surface area contributed by atoms with Crippen molar-refractivity contribution in [3.63, 3.8) is 0 Å². The smallest absolute Gasteiger partial charge is 0.243 e. The maximum Gasteiger partial charge on any atom is 0.243 e. The molecule has 0 radical (unpaired) electrons. The van der Waals surface area contributed by atoms with Crippen LogP contribution in [0.1, 0.15) is 57.5 Å². The van der Waals surface area contributed by atoms with Crippen LogP contribution in [0.5, 0.6) is 0 Å². The number of fused-ring (bicyclic) bond motifs is 1. The Morgan fingerprint density at radius 1 is 1.21 bits per heavy atom. The van der Waals surface area contributed by atoms with E-state index in [-0.39, 0.29) is 16.8 Å². The van der Waals surface area contributed by atoms with Gasteiger partial charge in [-0.3, -0.25) is 4.79 Å². The first kappa shape index (κ1) is 24.5. The van der Waals surface area contributed by atoms with Crippen LogP contribution in [0.2, 0.25) is 0 Å². The Hall–Kier alpha value is -2.65. The molecule has 1 unspecified atom stereocenters. The minimum atomic E-state index is -3.49. The van der Waals surface area contributed by atoms with Crippen molar-refractivity contribution in [2.24, 2.45) is 0 Å². The number of imidazole rings is 1. The van der Waals surface area contributed by atoms with E-state index in [2.05, 4.69) is 16.8 Å². The van der Waals surface area contributed by atoms with Crippen LogP contribution in [0, 0.1) is 0 Å². The second-order valence-electron chi connectivity index (χ2n) is 9.03. The lowest BCUT2D eigenvalue weighted by Crippen LogP contribution is -2.33. The Kier molecular flexibility index (Phi) is 7.73. The van der Waals surface area contributed by atoms with Crippen LogP contribution in [-0.2, 0) is 34.2 Å². The molecule has 0 bridgehead atoms. The van der Waals surface area contributed by atoms with Crippen LogP contribution in [0.15, 0.2) is 45.9 Å². The standard InChI is InChI=1S/C25H34N4O4S/c1-3-14-29-23-11-10-21(34(31,32)28-15-4-5-16-28)18-22(23)27-24(29)12-13-25(30)26-19(2)8-9-20-7-6-17-33-20/h6-7,10-11,17-19H,3-5,8-9,12-16H2,1-2H3,(H,26,30). The first-order valence-electron chi connectivity index (χ1n) is 12.2. The average molecular weight is 487 g/mol. The maximum absolute atomic E-state index is 13.0. The number of aryl methyl sites for hydroxylation is 3. The molecule has 3 heterocycles. The number of amides is 1. The van der Waals surface area contributed by atoms with Crippen LogP contribution >= 0.6 is 0 Å². The van der Waals surface area contributed by atoms with Gasteiger partial charge in [0.15, 0.2) is 0 Å². The van der Waals surface area contributed by atoms with Gasteiger partial charge in [0.2, 0.25) is 15.9 Å². The summed E-state index contributed by atoms with van der Waals surface area (Å²) in [6.45, 7) is 6.01. The number of hydrogen-bond donors (Lipinski definition) is 1. The summed E-state index contributed by atoms with van der Waals surface area (Å²) < 4.78 is 35.0. The molecule has 0 aliphatic carbocycles. The van der Waals surface area contributed by atoms with E-state index in [1.165, 1.54) is 0 Å². The summed E-state index contributed by atoms with van der Waals surface area (Å²) in [5.41, 5.74) is 1.57. The summed E-state index contributed by atoms with van der Waals surface area (Å²) in [6, 6.07) is 9.06. The van der Waals surface area contributed by atoms with Gasteiger partial charge < -0.3 is 14.3 Å². The van der Waals surface area contributed by atoms with E-state index in [1.54, 1.807) is 22.7 Å². The van der Waals surface area contributed by atoms with Gasteiger partial charge in [0.25, 0.3) is 0 Å². The van der Waals surface area contributed by atoms with Gasteiger partial charge in [0.05, 0.1) is 22.2 Å². The summed E-state index contributed by atoms with van der Waals surface area (Å²) in [5, 5.41) is 3.06. The molecule has 1 amide bonds. The number of benzene rings is 1. The minimum absolute atomic E-state index is 0.0145. The summed E-state index contributed by atoms with van der Waals surface area (Å²) in [5.74, 6) is 1.71. The molecule has 2 aromatic heterocycles. The van der Waals surface area contributed by atoms with Crippen LogP contribution in [0.3, 0.4) is 0 Å². The molecule has 8 nitrogen and oxygen atoms in total. The first-order valence-corrected chi connectivity index (χ1v) is 13.6. The largest absolute Gasteiger partial charge is 0.469 e.